The van der Waals surface area contributed by atoms with E-state index < -0.39 is 0 Å². The van der Waals surface area contributed by atoms with Gasteiger partial charge in [0.1, 0.15) is 17.6 Å². The second kappa shape index (κ2) is 26.3. The first-order valence-corrected chi connectivity index (χ1v) is 25.1. The summed E-state index contributed by atoms with van der Waals surface area (Å²) in [6.07, 6.45) is 1.70. The number of ketones is 1. The van der Waals surface area contributed by atoms with E-state index in [1.165, 1.54) is 14.2 Å². The fourth-order valence-electron chi connectivity index (χ4n) is 8.46. The summed E-state index contributed by atoms with van der Waals surface area (Å²) in [5.74, 6) is 2.35. The molecule has 76 heavy (non-hydrogen) atoms. The first-order valence-electron chi connectivity index (χ1n) is 24.3. The fraction of sp³-hybridized carbons (Fsp3) is 0.333. The Bertz CT molecular complexity index is 3420. The smallest absolute Gasteiger partial charge is 0.267 e. The van der Waals surface area contributed by atoms with E-state index in [4.69, 9.17) is 51.6 Å². The van der Waals surface area contributed by atoms with Gasteiger partial charge in [-0.05, 0) is 91.9 Å². The molecule has 0 atom stereocenters. The summed E-state index contributed by atoms with van der Waals surface area (Å²) in [6, 6.07) is 23.1. The number of anilines is 1. The standard InChI is InChI=1S/C27H29N5O5S.C17H21N3O3.C10H8N2O2S/c1-35-23-14-18-20(15-24(23)36-2)30-27(38)32(25(18)28)7-3-4-22(33)21-13-17-12-16(5-6-19(17)29-21)26(34)31-8-10-37-11-9-31;1-2-5-18-16(21)15-11-13-10-12(3-4-14(13)19-15)17(22)20-6-8-23-9-7-20;1-13-9-3-7(5-11)8(12-6-15)4-10(9)14-2/h5-6,12-15,29H,3-4,7-11,28H2,1-2H3;3-4,10-11,19H,2,5-9H2,1H3,(H,18,21);3-4H,1-2H3. The molecule has 0 unspecified atom stereocenters. The lowest BCUT2D eigenvalue weighted by molar-refractivity contribution is 0.0301. The number of H-pyrrole nitrogens is 2. The van der Waals surface area contributed by atoms with Gasteiger partial charge in [0.25, 0.3) is 17.7 Å². The second-order valence-corrected chi connectivity index (χ2v) is 17.8. The number of hydrogen-bond acceptors (Lipinski definition) is 16. The summed E-state index contributed by atoms with van der Waals surface area (Å²) in [5.41, 5.74) is 11.8. The number of carbonyl (C=O) groups excluding carboxylic acids is 4. The molecule has 0 spiro atoms. The summed E-state index contributed by atoms with van der Waals surface area (Å²) >= 11 is 9.96. The van der Waals surface area contributed by atoms with E-state index in [0.29, 0.717) is 150 Å². The summed E-state index contributed by atoms with van der Waals surface area (Å²) in [7, 11) is 6.12. The number of aliphatic imine (C=N–C) groups is 1. The number of morpholine rings is 2. The molecule has 2 fully saturated rings. The number of benzene rings is 4. The lowest BCUT2D eigenvalue weighted by Crippen LogP contribution is -2.40. The van der Waals surface area contributed by atoms with Crippen molar-refractivity contribution < 1.29 is 47.6 Å². The van der Waals surface area contributed by atoms with E-state index in [1.807, 2.05) is 37.3 Å². The maximum Gasteiger partial charge on any atom is 0.267 e. The van der Waals surface area contributed by atoms with Crippen molar-refractivity contribution >= 4 is 97.3 Å². The normalized spacial score (nSPS) is 13.1. The van der Waals surface area contributed by atoms with Gasteiger partial charge in [-0.25, -0.2) is 4.98 Å². The van der Waals surface area contributed by atoms with Crippen molar-refractivity contribution in [2.45, 2.75) is 32.7 Å². The minimum absolute atomic E-state index is 0.00776. The second-order valence-electron chi connectivity index (χ2n) is 17.3. The van der Waals surface area contributed by atoms with Gasteiger partial charge in [-0.1, -0.05) is 6.92 Å². The van der Waals surface area contributed by atoms with Crippen LogP contribution in [0.5, 0.6) is 23.0 Å². The SMILES string of the molecule is CCCNC(=O)c1cc2cc(C(=O)N3CCOCC3)ccc2[nH]1.COc1cc(C#N)c(N=C=S)cc1OC.COc1cc2nc(=S)n(CCCC(=O)c3cc4cc(C(=O)N5CCOCC5)ccc4[nH]3)c(N)c2cc1OC. The molecule has 2 aliphatic heterocycles. The van der Waals surface area contributed by atoms with Crippen LogP contribution in [0.25, 0.3) is 32.7 Å². The van der Waals surface area contributed by atoms with E-state index in [2.05, 4.69) is 42.6 Å². The van der Waals surface area contributed by atoms with Crippen LogP contribution in [0.4, 0.5) is 11.5 Å². The van der Waals surface area contributed by atoms with Crippen LogP contribution in [0.2, 0.25) is 0 Å². The van der Waals surface area contributed by atoms with Gasteiger partial charge in [-0.15, -0.1) is 0 Å². The number of Topliss-reactive ketones (excluding diaryl/α,β-unsaturated/α-hetero) is 1. The number of carbonyl (C=O) groups is 4. The number of nitriles is 1. The van der Waals surface area contributed by atoms with E-state index in [0.717, 1.165) is 28.2 Å². The third-order valence-electron chi connectivity index (χ3n) is 12.5. The average molecular weight is 1070 g/mol. The Kier molecular flexibility index (Phi) is 19.3. The molecule has 0 bridgehead atoms. The van der Waals surface area contributed by atoms with Crippen LogP contribution in [0.1, 0.15) is 73.4 Å². The van der Waals surface area contributed by atoms with Crippen molar-refractivity contribution in [2.24, 2.45) is 4.99 Å². The van der Waals surface area contributed by atoms with Gasteiger partial charge in [-0.3, -0.25) is 19.2 Å². The van der Waals surface area contributed by atoms with Crippen molar-refractivity contribution in [2.75, 3.05) is 93.3 Å². The van der Waals surface area contributed by atoms with Crippen molar-refractivity contribution in [1.82, 2.24) is 34.6 Å². The molecule has 3 aromatic heterocycles. The van der Waals surface area contributed by atoms with E-state index >= 15 is 0 Å². The number of nitrogens with two attached hydrogens (primary N) is 1. The van der Waals surface area contributed by atoms with E-state index in [9.17, 15) is 19.2 Å². The average Bonchev–Trinajstić information content (AvgIpc) is 4.11. The first-order chi connectivity index (χ1) is 36.8. The minimum atomic E-state index is -0.121. The number of fused-ring (bicyclic) bond motifs is 3. The molecule has 2 saturated heterocycles. The van der Waals surface area contributed by atoms with Crippen molar-refractivity contribution in [3.63, 3.8) is 0 Å². The lowest BCUT2D eigenvalue weighted by atomic mass is 10.1. The number of ether oxygens (including phenoxy) is 6. The number of nitrogens with zero attached hydrogens (tertiary/aromatic N) is 6. The number of rotatable bonds is 15. The Morgan fingerprint density at radius 1 is 0.763 bits per heavy atom. The molecular weight excluding hydrogens is 1010 g/mol. The van der Waals surface area contributed by atoms with Gasteiger partial charge in [0.2, 0.25) is 4.77 Å². The zero-order valence-electron chi connectivity index (χ0n) is 42.8. The van der Waals surface area contributed by atoms with Crippen molar-refractivity contribution in [3.8, 4) is 29.1 Å². The zero-order chi connectivity index (χ0) is 54.3. The van der Waals surface area contributed by atoms with Crippen LogP contribution < -0.4 is 30.0 Å². The Balaban J connectivity index is 0.000000187. The molecule has 5 heterocycles. The zero-order valence-corrected chi connectivity index (χ0v) is 44.4. The number of aromatic nitrogens is 4. The largest absolute Gasteiger partial charge is 0.493 e. The topological polar surface area (TPSA) is 254 Å². The third kappa shape index (κ3) is 13.2. The monoisotopic (exact) mass is 1070 g/mol. The highest BCUT2D eigenvalue weighted by Gasteiger charge is 2.22. The van der Waals surface area contributed by atoms with Gasteiger partial charge >= 0.3 is 0 Å². The molecule has 0 radical (unpaired) electrons. The summed E-state index contributed by atoms with van der Waals surface area (Å²) in [6.45, 7) is 7.75. The quantitative estimate of drug-likeness (QED) is 0.0430. The molecule has 396 valence electrons. The molecule has 3 amide bonds. The summed E-state index contributed by atoms with van der Waals surface area (Å²) in [5, 5.41) is 16.3. The molecule has 7 aromatic rings. The fourth-order valence-corrected chi connectivity index (χ4v) is 8.85. The van der Waals surface area contributed by atoms with Crippen LogP contribution in [0.15, 0.2) is 77.8 Å². The Morgan fingerprint density at radius 3 is 1.83 bits per heavy atom. The van der Waals surface area contributed by atoms with Crippen LogP contribution in [-0.4, -0.2) is 146 Å². The minimum Gasteiger partial charge on any atom is -0.493 e. The van der Waals surface area contributed by atoms with Gasteiger partial charge in [0.15, 0.2) is 28.8 Å². The molecule has 0 saturated carbocycles. The molecule has 22 heteroatoms. The van der Waals surface area contributed by atoms with Gasteiger partial charge in [-0.2, -0.15) is 10.3 Å². The number of nitrogen functional groups attached to an aromatic ring is 1. The number of aromatic amines is 2. The van der Waals surface area contributed by atoms with Gasteiger partial charge < -0.3 is 63.8 Å². The van der Waals surface area contributed by atoms with Crippen LogP contribution in [-0.2, 0) is 16.0 Å². The van der Waals surface area contributed by atoms with Crippen LogP contribution in [0, 0.1) is 16.1 Å². The summed E-state index contributed by atoms with van der Waals surface area (Å²) < 4.78 is 33.5. The number of isothiocyanates is 1. The highest BCUT2D eigenvalue weighted by Crippen LogP contribution is 2.35. The molecule has 4 aromatic carbocycles. The lowest BCUT2D eigenvalue weighted by Gasteiger charge is -2.26. The maximum absolute atomic E-state index is 13.0. The number of amides is 3. The molecule has 5 N–H and O–H groups in total. The Morgan fingerprint density at radius 2 is 1.29 bits per heavy atom. The predicted octanol–water partition coefficient (Wildman–Crippen LogP) is 8.07. The third-order valence-corrected chi connectivity index (χ3v) is 12.9. The van der Waals surface area contributed by atoms with Crippen LogP contribution in [0.3, 0.4) is 0 Å². The highest BCUT2D eigenvalue weighted by atomic mass is 32.1. The van der Waals surface area contributed by atoms with Crippen molar-refractivity contribution in [1.29, 1.82) is 5.26 Å². The van der Waals surface area contributed by atoms with Gasteiger partial charge in [0.05, 0.1) is 82.5 Å². The molecule has 20 nitrogen and oxygen atoms in total. The number of nitrogens with one attached hydrogen (secondary N) is 3. The number of hydrogen-bond donors (Lipinski definition) is 4. The molecular formula is C54H58N10O10S2. The Labute approximate surface area is 448 Å². The maximum atomic E-state index is 13.0. The number of methoxy groups -OCH3 is 4. The van der Waals surface area contributed by atoms with Crippen molar-refractivity contribution in [3.05, 3.63) is 106 Å². The molecule has 0 aliphatic carbocycles. The molecule has 2 aliphatic rings. The molecule has 9 rings (SSSR count). The van der Waals surface area contributed by atoms with E-state index in [-0.39, 0.29) is 29.9 Å². The highest BCUT2D eigenvalue weighted by molar-refractivity contribution is 7.78. The van der Waals surface area contributed by atoms with Gasteiger partial charge in [0, 0.05) is 102 Å². The predicted molar refractivity (Wildman–Crippen MR) is 293 cm³/mol. The number of thiocarbonyl (C=S) groups is 1. The summed E-state index contributed by atoms with van der Waals surface area (Å²) in [4.78, 5) is 68.4. The Hall–Kier alpha value is -8.19. The van der Waals surface area contributed by atoms with Crippen LogP contribution >= 0.6 is 24.4 Å². The first kappa shape index (κ1) is 55.6. The van der Waals surface area contributed by atoms with E-state index in [1.54, 1.807) is 77.1 Å².